The number of carbonyl (C=O) groups is 1. The van der Waals surface area contributed by atoms with E-state index in [4.69, 9.17) is 0 Å². The first kappa shape index (κ1) is 13.9. The molecular weight excluding hydrogens is 316 g/mol. The summed E-state index contributed by atoms with van der Waals surface area (Å²) in [5.41, 5.74) is 2.21. The van der Waals surface area contributed by atoms with Gasteiger partial charge in [0.25, 0.3) is 0 Å². The van der Waals surface area contributed by atoms with Crippen molar-refractivity contribution in [1.82, 2.24) is 0 Å². The number of allylic oxidation sites excluding steroid dienone is 2. The van der Waals surface area contributed by atoms with E-state index in [1.807, 2.05) is 25.1 Å². The van der Waals surface area contributed by atoms with Gasteiger partial charge in [0.1, 0.15) is 5.76 Å². The number of Topliss-reactive ketones (excluding diaryl/α,β-unsaturated/α-hetero) is 1. The fraction of sp³-hybridized carbons (Fsp3) is 0.471. The first-order valence-corrected chi connectivity index (χ1v) is 8.06. The maximum Gasteiger partial charge on any atom is 0.167 e. The summed E-state index contributed by atoms with van der Waals surface area (Å²) in [4.78, 5) is 12.5. The number of aryl methyl sites for hydroxylation is 1. The molecular formula is C17H19BrO2. The second-order valence-electron chi connectivity index (χ2n) is 6.12. The van der Waals surface area contributed by atoms with Crippen molar-refractivity contribution in [3.05, 3.63) is 39.6 Å². The van der Waals surface area contributed by atoms with Crippen LogP contribution in [0.25, 0.3) is 5.57 Å². The zero-order valence-electron chi connectivity index (χ0n) is 11.7. The molecule has 2 nitrogen and oxygen atoms in total. The summed E-state index contributed by atoms with van der Waals surface area (Å²) in [5.74, 6) is 0.453. The molecule has 1 N–H and O–H groups in total. The third-order valence-electron chi connectivity index (χ3n) is 4.80. The zero-order valence-corrected chi connectivity index (χ0v) is 13.3. The van der Waals surface area contributed by atoms with Crippen molar-refractivity contribution in [3.8, 4) is 0 Å². The van der Waals surface area contributed by atoms with Crippen LogP contribution in [-0.2, 0) is 4.79 Å². The van der Waals surface area contributed by atoms with E-state index >= 15 is 0 Å². The number of hydrogen-bond acceptors (Lipinski definition) is 2. The molecule has 2 aliphatic rings. The van der Waals surface area contributed by atoms with Crippen LogP contribution in [0.3, 0.4) is 0 Å². The second-order valence-corrected chi connectivity index (χ2v) is 7.04. The lowest BCUT2D eigenvalue weighted by Gasteiger charge is -2.32. The normalized spacial score (nSPS) is 21.8. The predicted molar refractivity (Wildman–Crippen MR) is 83.6 cm³/mol. The van der Waals surface area contributed by atoms with Crippen LogP contribution in [0.2, 0.25) is 0 Å². The monoisotopic (exact) mass is 334 g/mol. The molecule has 0 aromatic heterocycles. The standard InChI is InChI=1S/C17H19BrO2/c1-11-5-6-12(18)9-13(11)15-14(19)10-17(16(15)20)7-3-2-4-8-17/h5-6,9,20H,2-4,7-8,10H2,1H3. The number of aliphatic hydroxyl groups excluding tert-OH is 1. The number of carbonyl (C=O) groups excluding carboxylic acids is 1. The van der Waals surface area contributed by atoms with Crippen LogP contribution < -0.4 is 0 Å². The van der Waals surface area contributed by atoms with E-state index in [9.17, 15) is 9.90 Å². The topological polar surface area (TPSA) is 37.3 Å². The number of aliphatic hydroxyl groups is 1. The summed E-state index contributed by atoms with van der Waals surface area (Å²) in [7, 11) is 0. The van der Waals surface area contributed by atoms with Crippen LogP contribution in [0.5, 0.6) is 0 Å². The average molecular weight is 335 g/mol. The highest BCUT2D eigenvalue weighted by Crippen LogP contribution is 2.52. The maximum absolute atomic E-state index is 12.5. The van der Waals surface area contributed by atoms with E-state index in [1.165, 1.54) is 6.42 Å². The lowest BCUT2D eigenvalue weighted by atomic mass is 9.72. The minimum atomic E-state index is -0.264. The molecule has 1 spiro atoms. The lowest BCUT2D eigenvalue weighted by molar-refractivity contribution is -0.114. The zero-order chi connectivity index (χ0) is 14.3. The van der Waals surface area contributed by atoms with Gasteiger partial charge >= 0.3 is 0 Å². The number of rotatable bonds is 1. The van der Waals surface area contributed by atoms with Crippen LogP contribution in [0.15, 0.2) is 28.4 Å². The number of ketones is 1. The van der Waals surface area contributed by atoms with Crippen molar-refractivity contribution in [3.63, 3.8) is 0 Å². The number of halogens is 1. The van der Waals surface area contributed by atoms with Crippen LogP contribution in [-0.4, -0.2) is 10.9 Å². The lowest BCUT2D eigenvalue weighted by Crippen LogP contribution is -2.24. The summed E-state index contributed by atoms with van der Waals surface area (Å²) in [6.45, 7) is 1.99. The third-order valence-corrected chi connectivity index (χ3v) is 5.29. The molecule has 0 aliphatic heterocycles. The van der Waals surface area contributed by atoms with Crippen molar-refractivity contribution < 1.29 is 9.90 Å². The molecule has 20 heavy (non-hydrogen) atoms. The molecule has 3 heteroatoms. The van der Waals surface area contributed by atoms with Gasteiger partial charge in [0.15, 0.2) is 5.78 Å². The Morgan fingerprint density at radius 2 is 1.90 bits per heavy atom. The van der Waals surface area contributed by atoms with Crippen LogP contribution in [0.1, 0.15) is 49.7 Å². The minimum absolute atomic E-state index is 0.102. The van der Waals surface area contributed by atoms with E-state index in [2.05, 4.69) is 15.9 Å². The summed E-state index contributed by atoms with van der Waals surface area (Å²) in [5, 5.41) is 10.7. The Balaban J connectivity index is 2.11. The van der Waals surface area contributed by atoms with Crippen LogP contribution in [0, 0.1) is 12.3 Å². The second kappa shape index (κ2) is 5.03. The SMILES string of the molecule is Cc1ccc(Br)cc1C1=C(O)C2(CCCCC2)CC1=O. The first-order valence-electron chi connectivity index (χ1n) is 7.27. The van der Waals surface area contributed by atoms with Crippen molar-refractivity contribution in [1.29, 1.82) is 0 Å². The third kappa shape index (κ3) is 2.12. The highest BCUT2D eigenvalue weighted by atomic mass is 79.9. The highest BCUT2D eigenvalue weighted by molar-refractivity contribution is 9.10. The molecule has 0 bridgehead atoms. The Morgan fingerprint density at radius 3 is 2.60 bits per heavy atom. The average Bonchev–Trinajstić information content (AvgIpc) is 2.65. The molecule has 0 amide bonds. The van der Waals surface area contributed by atoms with Gasteiger partial charge in [-0.05, 0) is 43.0 Å². The maximum atomic E-state index is 12.5. The summed E-state index contributed by atoms with van der Waals surface area (Å²) in [6, 6.07) is 5.89. The van der Waals surface area contributed by atoms with Crippen molar-refractivity contribution in [2.45, 2.75) is 45.4 Å². The Hall–Kier alpha value is -1.09. The van der Waals surface area contributed by atoms with Crippen molar-refractivity contribution in [2.75, 3.05) is 0 Å². The van der Waals surface area contributed by atoms with Gasteiger partial charge in [0.05, 0.1) is 5.57 Å². The van der Waals surface area contributed by atoms with Gasteiger partial charge in [-0.3, -0.25) is 4.79 Å². The highest BCUT2D eigenvalue weighted by Gasteiger charge is 2.46. The van der Waals surface area contributed by atoms with E-state index in [0.717, 1.165) is 41.3 Å². The quantitative estimate of drug-likeness (QED) is 0.788. The molecule has 1 aromatic carbocycles. The molecule has 0 unspecified atom stereocenters. The Labute approximate surface area is 128 Å². The van der Waals surface area contributed by atoms with Crippen molar-refractivity contribution in [2.24, 2.45) is 5.41 Å². The molecule has 1 aromatic rings. The van der Waals surface area contributed by atoms with Crippen LogP contribution in [0.4, 0.5) is 0 Å². The van der Waals surface area contributed by atoms with Gasteiger partial charge in [-0.1, -0.05) is 41.3 Å². The summed E-state index contributed by atoms with van der Waals surface area (Å²) in [6.07, 6.45) is 5.82. The largest absolute Gasteiger partial charge is 0.511 e. The van der Waals surface area contributed by atoms with E-state index in [-0.39, 0.29) is 11.2 Å². The van der Waals surface area contributed by atoms with Gasteiger partial charge < -0.3 is 5.11 Å². The molecule has 0 atom stereocenters. The van der Waals surface area contributed by atoms with E-state index < -0.39 is 0 Å². The van der Waals surface area contributed by atoms with Gasteiger partial charge in [0.2, 0.25) is 0 Å². The van der Waals surface area contributed by atoms with Gasteiger partial charge in [-0.2, -0.15) is 0 Å². The van der Waals surface area contributed by atoms with Gasteiger partial charge in [-0.15, -0.1) is 0 Å². The molecule has 1 saturated carbocycles. The molecule has 2 aliphatic carbocycles. The predicted octanol–water partition coefficient (Wildman–Crippen LogP) is 4.95. The van der Waals surface area contributed by atoms with Crippen molar-refractivity contribution >= 4 is 27.3 Å². The Morgan fingerprint density at radius 1 is 1.20 bits per heavy atom. The molecule has 0 heterocycles. The Bertz CT molecular complexity index is 595. The molecule has 3 rings (SSSR count). The fourth-order valence-electron chi connectivity index (χ4n) is 3.66. The summed E-state index contributed by atoms with van der Waals surface area (Å²) < 4.78 is 0.941. The Kier molecular flexibility index (Phi) is 3.49. The molecule has 1 fully saturated rings. The fourth-order valence-corrected chi connectivity index (χ4v) is 4.02. The molecule has 0 radical (unpaired) electrons. The van der Waals surface area contributed by atoms with Crippen LogP contribution >= 0.6 is 15.9 Å². The molecule has 0 saturated heterocycles. The molecule has 106 valence electrons. The first-order chi connectivity index (χ1) is 9.53. The van der Waals surface area contributed by atoms with Gasteiger partial charge in [0, 0.05) is 16.3 Å². The number of hydrogen-bond donors (Lipinski definition) is 1. The van der Waals surface area contributed by atoms with E-state index in [1.54, 1.807) is 0 Å². The minimum Gasteiger partial charge on any atom is -0.511 e. The van der Waals surface area contributed by atoms with Gasteiger partial charge in [-0.25, -0.2) is 0 Å². The summed E-state index contributed by atoms with van der Waals surface area (Å²) >= 11 is 3.46. The smallest absolute Gasteiger partial charge is 0.167 e. The van der Waals surface area contributed by atoms with E-state index in [0.29, 0.717) is 17.8 Å². The number of benzene rings is 1.